The number of nitrogens with one attached hydrogen (secondary N) is 1. The number of hydrogen-bond acceptors (Lipinski definition) is 3. The predicted octanol–water partition coefficient (Wildman–Crippen LogP) is 0.660. The fraction of sp³-hybridized carbons (Fsp3) is 0.800. The van der Waals surface area contributed by atoms with Crippen molar-refractivity contribution >= 4 is 0 Å². The van der Waals surface area contributed by atoms with Crippen LogP contribution in [0.5, 0.6) is 0 Å². The summed E-state index contributed by atoms with van der Waals surface area (Å²) in [6.07, 6.45) is 5.14. The molecule has 3 nitrogen and oxygen atoms in total. The Kier molecular flexibility index (Phi) is 4.42. The van der Waals surface area contributed by atoms with E-state index < -0.39 is 0 Å². The third-order valence-electron chi connectivity index (χ3n) is 2.56. The van der Waals surface area contributed by atoms with E-state index in [4.69, 9.17) is 10.5 Å². The van der Waals surface area contributed by atoms with Crippen molar-refractivity contribution in [1.29, 1.82) is 0 Å². The van der Waals surface area contributed by atoms with Gasteiger partial charge in [-0.25, -0.2) is 0 Å². The molecule has 0 radical (unpaired) electrons. The maximum absolute atomic E-state index is 5.75. The quantitative estimate of drug-likeness (QED) is 0.487. The molecule has 1 atom stereocenters. The first kappa shape index (κ1) is 10.7. The highest BCUT2D eigenvalue weighted by molar-refractivity contribution is 4.91. The van der Waals surface area contributed by atoms with Crippen molar-refractivity contribution in [3.05, 3.63) is 12.7 Å². The van der Waals surface area contributed by atoms with Gasteiger partial charge in [-0.2, -0.15) is 0 Å². The normalized spacial score (nSPS) is 28.7. The van der Waals surface area contributed by atoms with Gasteiger partial charge in [-0.15, -0.1) is 6.58 Å². The van der Waals surface area contributed by atoms with E-state index in [0.29, 0.717) is 6.54 Å². The van der Waals surface area contributed by atoms with Crippen LogP contribution < -0.4 is 11.1 Å². The molecule has 3 N–H and O–H groups in total. The van der Waals surface area contributed by atoms with Crippen LogP contribution in [0.25, 0.3) is 0 Å². The lowest BCUT2D eigenvalue weighted by Crippen LogP contribution is -2.56. The van der Waals surface area contributed by atoms with E-state index in [1.165, 1.54) is 0 Å². The summed E-state index contributed by atoms with van der Waals surface area (Å²) in [6, 6.07) is 0. The first-order valence-electron chi connectivity index (χ1n) is 4.97. The van der Waals surface area contributed by atoms with Gasteiger partial charge in [0.1, 0.15) is 0 Å². The van der Waals surface area contributed by atoms with Crippen LogP contribution in [0.2, 0.25) is 0 Å². The highest BCUT2D eigenvalue weighted by Gasteiger charge is 2.30. The zero-order chi connectivity index (χ0) is 9.57. The molecule has 1 rings (SSSR count). The van der Waals surface area contributed by atoms with Crippen molar-refractivity contribution in [3.63, 3.8) is 0 Å². The smallest absolute Gasteiger partial charge is 0.0660 e. The molecule has 1 fully saturated rings. The summed E-state index contributed by atoms with van der Waals surface area (Å²) in [4.78, 5) is 0. The Hall–Kier alpha value is -0.380. The average Bonchev–Trinajstić information content (AvgIpc) is 2.20. The molecule has 1 unspecified atom stereocenters. The van der Waals surface area contributed by atoms with Gasteiger partial charge in [0.15, 0.2) is 0 Å². The summed E-state index contributed by atoms with van der Waals surface area (Å²) in [5, 5.41) is 3.46. The van der Waals surface area contributed by atoms with E-state index in [-0.39, 0.29) is 5.54 Å². The molecule has 1 saturated heterocycles. The fourth-order valence-electron chi connectivity index (χ4n) is 1.66. The molecular weight excluding hydrogens is 164 g/mol. The Morgan fingerprint density at radius 3 is 3.00 bits per heavy atom. The van der Waals surface area contributed by atoms with Crippen LogP contribution in [0.3, 0.4) is 0 Å². The topological polar surface area (TPSA) is 47.3 Å². The zero-order valence-electron chi connectivity index (χ0n) is 8.22. The van der Waals surface area contributed by atoms with Crippen LogP contribution in [-0.2, 0) is 4.74 Å². The molecule has 0 aromatic carbocycles. The summed E-state index contributed by atoms with van der Waals surface area (Å²) in [6.45, 7) is 6.93. The van der Waals surface area contributed by atoms with Crippen molar-refractivity contribution in [2.45, 2.75) is 24.8 Å². The lowest BCUT2D eigenvalue weighted by molar-refractivity contribution is 0.0245. The Morgan fingerprint density at radius 2 is 2.46 bits per heavy atom. The molecule has 1 heterocycles. The molecule has 0 aromatic rings. The minimum absolute atomic E-state index is 0.0290. The lowest BCUT2D eigenvalue weighted by atomic mass is 9.92. The van der Waals surface area contributed by atoms with Gasteiger partial charge in [-0.3, -0.25) is 0 Å². The Labute approximate surface area is 80.3 Å². The molecule has 1 aliphatic rings. The zero-order valence-corrected chi connectivity index (χ0v) is 8.22. The Bertz CT molecular complexity index is 153. The largest absolute Gasteiger partial charge is 0.379 e. The maximum atomic E-state index is 5.75. The van der Waals surface area contributed by atoms with Gasteiger partial charge in [-0.05, 0) is 25.8 Å². The summed E-state index contributed by atoms with van der Waals surface area (Å²) < 4.78 is 5.44. The second kappa shape index (κ2) is 5.37. The van der Waals surface area contributed by atoms with Gasteiger partial charge in [0.2, 0.25) is 0 Å². The Balaban J connectivity index is 2.33. The molecule has 0 saturated carbocycles. The highest BCUT2D eigenvalue weighted by atomic mass is 16.5. The minimum atomic E-state index is 0.0290. The molecular formula is C10H20N2O. The SMILES string of the molecule is C=CCCNC1(CN)CCCOC1. The van der Waals surface area contributed by atoms with E-state index in [0.717, 1.165) is 39.0 Å². The van der Waals surface area contributed by atoms with Crippen LogP contribution in [0.1, 0.15) is 19.3 Å². The summed E-state index contributed by atoms with van der Waals surface area (Å²) >= 11 is 0. The van der Waals surface area contributed by atoms with Crippen LogP contribution >= 0.6 is 0 Å². The van der Waals surface area contributed by atoms with Crippen molar-refractivity contribution in [1.82, 2.24) is 5.32 Å². The van der Waals surface area contributed by atoms with Gasteiger partial charge in [-0.1, -0.05) is 6.08 Å². The van der Waals surface area contributed by atoms with Crippen LogP contribution in [0.15, 0.2) is 12.7 Å². The molecule has 0 bridgehead atoms. The van der Waals surface area contributed by atoms with Crippen LogP contribution in [-0.4, -0.2) is 31.8 Å². The van der Waals surface area contributed by atoms with E-state index in [1.807, 2.05) is 6.08 Å². The summed E-state index contributed by atoms with van der Waals surface area (Å²) in [5.74, 6) is 0. The molecule has 0 aliphatic carbocycles. The van der Waals surface area contributed by atoms with E-state index in [2.05, 4.69) is 11.9 Å². The first-order valence-corrected chi connectivity index (χ1v) is 4.97. The predicted molar refractivity (Wildman–Crippen MR) is 54.7 cm³/mol. The Morgan fingerprint density at radius 1 is 1.62 bits per heavy atom. The highest BCUT2D eigenvalue weighted by Crippen LogP contribution is 2.17. The lowest BCUT2D eigenvalue weighted by Gasteiger charge is -2.37. The molecule has 0 aromatic heterocycles. The van der Waals surface area contributed by atoms with Crippen LogP contribution in [0.4, 0.5) is 0 Å². The van der Waals surface area contributed by atoms with Gasteiger partial charge >= 0.3 is 0 Å². The molecule has 13 heavy (non-hydrogen) atoms. The molecule has 1 aliphatic heterocycles. The second-order valence-electron chi connectivity index (χ2n) is 3.64. The first-order chi connectivity index (χ1) is 6.33. The number of hydrogen-bond donors (Lipinski definition) is 2. The van der Waals surface area contributed by atoms with Crippen molar-refractivity contribution < 1.29 is 4.74 Å². The molecule has 76 valence electrons. The third-order valence-corrected chi connectivity index (χ3v) is 2.56. The standard InChI is InChI=1S/C10H20N2O/c1-2-3-6-12-10(8-11)5-4-7-13-9-10/h2,12H,1,3-9,11H2. The molecule has 0 spiro atoms. The monoisotopic (exact) mass is 184 g/mol. The van der Waals surface area contributed by atoms with Crippen molar-refractivity contribution in [2.24, 2.45) is 5.73 Å². The van der Waals surface area contributed by atoms with Crippen LogP contribution in [0, 0.1) is 0 Å². The summed E-state index contributed by atoms with van der Waals surface area (Å²) in [5.41, 5.74) is 5.78. The average molecular weight is 184 g/mol. The van der Waals surface area contributed by atoms with E-state index in [9.17, 15) is 0 Å². The summed E-state index contributed by atoms with van der Waals surface area (Å²) in [7, 11) is 0. The van der Waals surface area contributed by atoms with Gasteiger partial charge < -0.3 is 15.8 Å². The second-order valence-corrected chi connectivity index (χ2v) is 3.64. The van der Waals surface area contributed by atoms with E-state index in [1.54, 1.807) is 0 Å². The van der Waals surface area contributed by atoms with Gasteiger partial charge in [0.05, 0.1) is 12.1 Å². The number of rotatable bonds is 5. The number of nitrogens with two attached hydrogens (primary N) is 1. The van der Waals surface area contributed by atoms with E-state index >= 15 is 0 Å². The number of ether oxygens (including phenoxy) is 1. The van der Waals surface area contributed by atoms with Crippen molar-refractivity contribution in [2.75, 3.05) is 26.3 Å². The maximum Gasteiger partial charge on any atom is 0.0660 e. The minimum Gasteiger partial charge on any atom is -0.379 e. The van der Waals surface area contributed by atoms with Crippen molar-refractivity contribution in [3.8, 4) is 0 Å². The third kappa shape index (κ3) is 3.10. The molecule has 0 amide bonds. The van der Waals surface area contributed by atoms with Gasteiger partial charge in [0, 0.05) is 13.2 Å². The van der Waals surface area contributed by atoms with Gasteiger partial charge in [0.25, 0.3) is 0 Å². The fourth-order valence-corrected chi connectivity index (χ4v) is 1.66. The molecule has 3 heteroatoms.